The molecular formula is C23H25ClN8O2. The van der Waals surface area contributed by atoms with Crippen molar-refractivity contribution in [2.24, 2.45) is 5.10 Å². The van der Waals surface area contributed by atoms with E-state index in [4.69, 9.17) is 11.6 Å². The first kappa shape index (κ1) is 23.4. The van der Waals surface area contributed by atoms with E-state index < -0.39 is 4.92 Å². The highest BCUT2D eigenvalue weighted by molar-refractivity contribution is 6.30. The average Bonchev–Trinajstić information content (AvgIpc) is 3.13. The predicted octanol–water partition coefficient (Wildman–Crippen LogP) is 5.39. The molecule has 1 aliphatic rings. The van der Waals surface area contributed by atoms with Gasteiger partial charge in [-0.15, -0.1) is 0 Å². The first-order chi connectivity index (χ1) is 16.5. The number of hydrogen-bond acceptors (Lipinski definition) is 9. The number of aromatic nitrogens is 3. The minimum Gasteiger partial charge on any atom is -0.341 e. The molecule has 176 valence electrons. The number of nitro groups is 1. The molecule has 0 bridgehead atoms. The van der Waals surface area contributed by atoms with E-state index in [1.807, 2.05) is 31.2 Å². The van der Waals surface area contributed by atoms with E-state index in [0.29, 0.717) is 28.6 Å². The summed E-state index contributed by atoms with van der Waals surface area (Å²) < 4.78 is 0. The fraction of sp³-hybridized carbons (Fsp3) is 0.304. The Kier molecular flexibility index (Phi) is 7.48. The molecule has 0 amide bonds. The van der Waals surface area contributed by atoms with Gasteiger partial charge in [0.05, 0.1) is 10.6 Å². The van der Waals surface area contributed by atoms with Crippen molar-refractivity contribution in [2.45, 2.75) is 32.6 Å². The van der Waals surface area contributed by atoms with Crippen LogP contribution in [0.2, 0.25) is 5.02 Å². The highest BCUT2D eigenvalue weighted by Gasteiger charge is 2.16. The molecule has 11 heteroatoms. The number of nitro benzene ring substituents is 1. The van der Waals surface area contributed by atoms with E-state index in [1.165, 1.54) is 25.0 Å². The third kappa shape index (κ3) is 6.16. The highest BCUT2D eigenvalue weighted by Crippen LogP contribution is 2.22. The van der Waals surface area contributed by atoms with Crippen molar-refractivity contribution in [3.63, 3.8) is 0 Å². The summed E-state index contributed by atoms with van der Waals surface area (Å²) in [6.07, 6.45) is 4.52. The van der Waals surface area contributed by atoms with Gasteiger partial charge >= 0.3 is 0 Å². The lowest BCUT2D eigenvalue weighted by Gasteiger charge is -2.21. The minimum atomic E-state index is -0.437. The van der Waals surface area contributed by atoms with Crippen molar-refractivity contribution in [2.75, 3.05) is 28.7 Å². The fourth-order valence-electron chi connectivity index (χ4n) is 3.57. The molecule has 0 aliphatic carbocycles. The molecule has 0 spiro atoms. The molecule has 3 aromatic rings. The van der Waals surface area contributed by atoms with E-state index >= 15 is 0 Å². The molecule has 1 saturated heterocycles. The number of non-ortho nitro benzene ring substituents is 1. The third-order valence-corrected chi connectivity index (χ3v) is 5.68. The van der Waals surface area contributed by atoms with E-state index in [1.54, 1.807) is 12.1 Å². The molecule has 2 heterocycles. The van der Waals surface area contributed by atoms with Crippen LogP contribution in [0.5, 0.6) is 0 Å². The second kappa shape index (κ2) is 10.9. The summed E-state index contributed by atoms with van der Waals surface area (Å²) in [7, 11) is 0. The SMILES string of the molecule is C/C(=N\Nc1nc(Nc2ccc([N+](=O)[O-])cc2)nc(N2CCCCCC2)n1)c1ccc(Cl)cc1. The number of nitrogens with one attached hydrogen (secondary N) is 2. The van der Waals surface area contributed by atoms with Gasteiger partial charge in [-0.3, -0.25) is 10.1 Å². The van der Waals surface area contributed by atoms with E-state index in [9.17, 15) is 10.1 Å². The van der Waals surface area contributed by atoms with Crippen molar-refractivity contribution in [1.82, 2.24) is 15.0 Å². The first-order valence-electron chi connectivity index (χ1n) is 11.1. The zero-order valence-electron chi connectivity index (χ0n) is 18.7. The molecule has 2 N–H and O–H groups in total. The molecule has 34 heavy (non-hydrogen) atoms. The monoisotopic (exact) mass is 480 g/mol. The molecule has 4 rings (SSSR count). The Bertz CT molecular complexity index is 1160. The van der Waals surface area contributed by atoms with Crippen molar-refractivity contribution in [3.05, 3.63) is 69.2 Å². The molecule has 0 unspecified atom stereocenters. The minimum absolute atomic E-state index is 0.0146. The number of rotatable bonds is 7. The summed E-state index contributed by atoms with van der Waals surface area (Å²) >= 11 is 5.97. The Balaban J connectivity index is 1.60. The quantitative estimate of drug-likeness (QED) is 0.262. The Morgan fingerprint density at radius 1 is 0.971 bits per heavy atom. The summed E-state index contributed by atoms with van der Waals surface area (Å²) in [5, 5.41) is 19.1. The maximum absolute atomic E-state index is 10.9. The lowest BCUT2D eigenvalue weighted by molar-refractivity contribution is -0.384. The van der Waals surface area contributed by atoms with E-state index in [0.717, 1.165) is 37.2 Å². The number of halogens is 1. The third-order valence-electron chi connectivity index (χ3n) is 5.43. The Hall–Kier alpha value is -3.79. The Labute approximate surface area is 202 Å². The average molecular weight is 481 g/mol. The molecule has 1 fully saturated rings. The molecule has 10 nitrogen and oxygen atoms in total. The number of benzene rings is 2. The molecule has 0 saturated carbocycles. The second-order valence-electron chi connectivity index (χ2n) is 7.93. The van der Waals surface area contributed by atoms with Gasteiger partial charge in [0.1, 0.15) is 0 Å². The second-order valence-corrected chi connectivity index (χ2v) is 8.37. The summed E-state index contributed by atoms with van der Waals surface area (Å²) in [4.78, 5) is 26.3. The number of hydrogen-bond donors (Lipinski definition) is 2. The zero-order valence-corrected chi connectivity index (χ0v) is 19.5. The maximum atomic E-state index is 10.9. The normalized spacial score (nSPS) is 14.4. The smallest absolute Gasteiger partial charge is 0.269 e. The first-order valence-corrected chi connectivity index (χ1v) is 11.4. The van der Waals surface area contributed by atoms with Gasteiger partial charge in [-0.05, 0) is 49.6 Å². The van der Waals surface area contributed by atoms with Crippen LogP contribution in [0.15, 0.2) is 53.6 Å². The molecule has 1 aromatic heterocycles. The maximum Gasteiger partial charge on any atom is 0.269 e. The number of hydrazone groups is 1. The summed E-state index contributed by atoms with van der Waals surface area (Å²) in [6.45, 7) is 3.62. The van der Waals surface area contributed by atoms with Crippen LogP contribution in [0, 0.1) is 10.1 Å². The molecule has 1 aliphatic heterocycles. The van der Waals surface area contributed by atoms with Crippen molar-refractivity contribution in [1.29, 1.82) is 0 Å². The lowest BCUT2D eigenvalue weighted by atomic mass is 10.1. The van der Waals surface area contributed by atoms with Crippen LogP contribution >= 0.6 is 11.6 Å². The van der Waals surface area contributed by atoms with Gasteiger partial charge in [0.25, 0.3) is 5.69 Å². The Morgan fingerprint density at radius 2 is 1.62 bits per heavy atom. The van der Waals surface area contributed by atoms with Gasteiger partial charge < -0.3 is 10.2 Å². The molecule has 0 radical (unpaired) electrons. The fourth-order valence-corrected chi connectivity index (χ4v) is 3.69. The van der Waals surface area contributed by atoms with Gasteiger partial charge in [0.15, 0.2) is 0 Å². The summed E-state index contributed by atoms with van der Waals surface area (Å²) in [5.41, 5.74) is 5.25. The van der Waals surface area contributed by atoms with Gasteiger partial charge in [-0.2, -0.15) is 20.1 Å². The van der Waals surface area contributed by atoms with Crippen LogP contribution in [-0.2, 0) is 0 Å². The number of nitrogens with zero attached hydrogens (tertiary/aromatic N) is 6. The number of anilines is 4. The van der Waals surface area contributed by atoms with Crippen molar-refractivity contribution >= 4 is 46.5 Å². The Morgan fingerprint density at radius 3 is 2.26 bits per heavy atom. The zero-order chi connectivity index (χ0) is 23.9. The van der Waals surface area contributed by atoms with Gasteiger partial charge in [0, 0.05) is 35.9 Å². The van der Waals surface area contributed by atoms with E-state index in [-0.39, 0.29) is 5.69 Å². The molecule has 0 atom stereocenters. The summed E-state index contributed by atoms with van der Waals surface area (Å²) in [6, 6.07) is 13.5. The van der Waals surface area contributed by atoms with Gasteiger partial charge in [-0.1, -0.05) is 36.6 Å². The van der Waals surface area contributed by atoms with Crippen molar-refractivity contribution in [3.8, 4) is 0 Å². The lowest BCUT2D eigenvalue weighted by Crippen LogP contribution is -2.26. The van der Waals surface area contributed by atoms with Crippen molar-refractivity contribution < 1.29 is 4.92 Å². The van der Waals surface area contributed by atoms with E-state index in [2.05, 4.69) is 35.7 Å². The van der Waals surface area contributed by atoms with Crippen LogP contribution in [0.4, 0.5) is 29.2 Å². The van der Waals surface area contributed by atoms with Crippen LogP contribution < -0.4 is 15.6 Å². The van der Waals surface area contributed by atoms with Crippen LogP contribution in [0.25, 0.3) is 0 Å². The van der Waals surface area contributed by atoms with Crippen LogP contribution in [-0.4, -0.2) is 38.7 Å². The van der Waals surface area contributed by atoms with Gasteiger partial charge in [0.2, 0.25) is 17.8 Å². The summed E-state index contributed by atoms with van der Waals surface area (Å²) in [5.74, 6) is 1.18. The molecule has 2 aromatic carbocycles. The highest BCUT2D eigenvalue weighted by atomic mass is 35.5. The van der Waals surface area contributed by atoms with Crippen LogP contribution in [0.3, 0.4) is 0 Å². The predicted molar refractivity (Wildman–Crippen MR) is 134 cm³/mol. The largest absolute Gasteiger partial charge is 0.341 e. The molecular weight excluding hydrogens is 456 g/mol. The van der Waals surface area contributed by atoms with Crippen LogP contribution in [0.1, 0.15) is 38.2 Å². The topological polar surface area (TPSA) is 121 Å². The standard InChI is InChI=1S/C23H25ClN8O2/c1-16(17-6-8-18(24)9-7-17)29-30-22-26-21(25-19-10-12-20(13-11-19)32(33)34)27-23(28-22)31-14-4-2-3-5-15-31/h6-13H,2-5,14-15H2,1H3,(H2,25,26,27,28,30)/b29-16+. The van der Waals surface area contributed by atoms with Gasteiger partial charge in [-0.25, -0.2) is 5.43 Å².